The molecule has 2 fully saturated rings. The highest BCUT2D eigenvalue weighted by atomic mass is 19.4. The molecule has 1 aliphatic carbocycles. The number of hydrogen-bond donors (Lipinski definition) is 4. The highest BCUT2D eigenvalue weighted by Gasteiger charge is 2.38. The largest absolute Gasteiger partial charge is 0.490 e. The van der Waals surface area contributed by atoms with E-state index in [4.69, 9.17) is 9.90 Å². The van der Waals surface area contributed by atoms with Gasteiger partial charge in [0.05, 0.1) is 0 Å². The molecule has 1 saturated heterocycles. The third-order valence-electron chi connectivity index (χ3n) is 3.61. The van der Waals surface area contributed by atoms with Crippen LogP contribution in [0.1, 0.15) is 35.1 Å². The zero-order chi connectivity index (χ0) is 19.3. The maximum Gasteiger partial charge on any atom is 0.490 e. The Bertz CT molecular complexity index is 709. The van der Waals surface area contributed by atoms with Crippen LogP contribution in [0.5, 0.6) is 0 Å². The van der Waals surface area contributed by atoms with Gasteiger partial charge in [-0.15, -0.1) is 0 Å². The van der Waals surface area contributed by atoms with Crippen molar-refractivity contribution in [3.05, 3.63) is 27.9 Å². The molecule has 2 aliphatic rings. The van der Waals surface area contributed by atoms with Gasteiger partial charge in [-0.3, -0.25) is 20.4 Å². The van der Waals surface area contributed by atoms with E-state index in [0.717, 1.165) is 12.8 Å². The normalized spacial score (nSPS) is 17.7. The predicted octanol–water partition coefficient (Wildman–Crippen LogP) is -0.169. The summed E-state index contributed by atoms with van der Waals surface area (Å²) in [6.07, 6.45) is -3.00. The molecule has 0 unspecified atom stereocenters. The number of halogens is 3. The molecular weight excluding hydrogens is 359 g/mol. The Morgan fingerprint density at radius 2 is 1.73 bits per heavy atom. The molecule has 1 amide bonds. The van der Waals surface area contributed by atoms with Gasteiger partial charge in [0.15, 0.2) is 0 Å². The van der Waals surface area contributed by atoms with E-state index < -0.39 is 12.1 Å². The summed E-state index contributed by atoms with van der Waals surface area (Å²) in [5.41, 5.74) is 6.02. The van der Waals surface area contributed by atoms with Crippen LogP contribution in [0, 0.1) is 0 Å². The summed E-state index contributed by atoms with van der Waals surface area (Å²) < 4.78 is 31.7. The number of nitrogens with one attached hydrogen (secondary N) is 3. The van der Waals surface area contributed by atoms with Crippen LogP contribution in [0.2, 0.25) is 0 Å². The quantitative estimate of drug-likeness (QED) is 0.563. The number of nitrogens with zero attached hydrogens (tertiary/aromatic N) is 2. The van der Waals surface area contributed by atoms with Gasteiger partial charge in [-0.05, 0) is 12.8 Å². The van der Waals surface area contributed by atoms with E-state index in [1.54, 1.807) is 4.90 Å². The molecule has 0 aromatic carbocycles. The molecule has 4 N–H and O–H groups in total. The number of hydrazine groups is 1. The van der Waals surface area contributed by atoms with Crippen LogP contribution in [0.15, 0.2) is 10.9 Å². The highest BCUT2D eigenvalue weighted by Crippen LogP contribution is 2.37. The second-order valence-corrected chi connectivity index (χ2v) is 5.74. The molecule has 1 aliphatic heterocycles. The molecule has 0 bridgehead atoms. The third kappa shape index (κ3) is 5.81. The summed E-state index contributed by atoms with van der Waals surface area (Å²) in [4.78, 5) is 41.6. The van der Waals surface area contributed by atoms with Gasteiger partial charge in [0.25, 0.3) is 11.5 Å². The van der Waals surface area contributed by atoms with Crippen LogP contribution in [-0.4, -0.2) is 64.2 Å². The Morgan fingerprint density at radius 1 is 1.19 bits per heavy atom. The number of carboxylic acid groups (broad SMARTS) is 1. The topological polar surface area (TPSA) is 127 Å². The first-order valence-corrected chi connectivity index (χ1v) is 7.85. The number of amides is 1. The number of hydrogen-bond acceptors (Lipinski definition) is 6. The third-order valence-corrected chi connectivity index (χ3v) is 3.61. The van der Waals surface area contributed by atoms with E-state index in [1.165, 1.54) is 6.07 Å². The van der Waals surface area contributed by atoms with E-state index in [0.29, 0.717) is 37.9 Å². The molecule has 1 saturated carbocycles. The number of aromatic amines is 1. The summed E-state index contributed by atoms with van der Waals surface area (Å²) in [6, 6.07) is 1.29. The number of carboxylic acids is 1. The number of carbonyl (C=O) groups excluding carboxylic acids is 1. The van der Waals surface area contributed by atoms with Crippen molar-refractivity contribution in [2.24, 2.45) is 0 Å². The second-order valence-electron chi connectivity index (χ2n) is 5.74. The standard InChI is InChI=1S/C12H17N5O2.C2HF3O2/c18-10-7-9(15-11(16-10)8-1-2-8)12(19)17-5-3-13-14-4-6-17;3-2(4,5)1(6)7/h7-8,13-14H,1-6H2,(H,15,16,18);(H,6,7). The number of rotatable bonds is 2. The van der Waals surface area contributed by atoms with E-state index in [2.05, 4.69) is 20.8 Å². The molecule has 2 heterocycles. The maximum absolute atomic E-state index is 12.4. The van der Waals surface area contributed by atoms with Crippen molar-refractivity contribution in [2.45, 2.75) is 24.9 Å². The molecule has 0 radical (unpaired) electrons. The molecule has 1 aromatic rings. The minimum atomic E-state index is -5.08. The zero-order valence-electron chi connectivity index (χ0n) is 13.6. The number of H-pyrrole nitrogens is 1. The van der Waals surface area contributed by atoms with Crippen molar-refractivity contribution < 1.29 is 27.9 Å². The van der Waals surface area contributed by atoms with Gasteiger partial charge in [-0.2, -0.15) is 13.2 Å². The second kappa shape index (κ2) is 8.27. The fourth-order valence-electron chi connectivity index (χ4n) is 2.17. The molecule has 26 heavy (non-hydrogen) atoms. The van der Waals surface area contributed by atoms with Crippen LogP contribution in [0.4, 0.5) is 13.2 Å². The monoisotopic (exact) mass is 377 g/mol. The van der Waals surface area contributed by atoms with Gasteiger partial charge in [-0.1, -0.05) is 0 Å². The van der Waals surface area contributed by atoms with Crippen molar-refractivity contribution in [2.75, 3.05) is 26.2 Å². The Balaban J connectivity index is 0.000000298. The first-order valence-electron chi connectivity index (χ1n) is 7.85. The van der Waals surface area contributed by atoms with Crippen LogP contribution < -0.4 is 16.4 Å². The molecule has 12 heteroatoms. The van der Waals surface area contributed by atoms with Gasteiger partial charge in [0, 0.05) is 38.2 Å². The Kier molecular flexibility index (Phi) is 6.32. The van der Waals surface area contributed by atoms with Gasteiger partial charge in [0.2, 0.25) is 0 Å². The van der Waals surface area contributed by atoms with E-state index in [9.17, 15) is 22.8 Å². The summed E-state index contributed by atoms with van der Waals surface area (Å²) >= 11 is 0. The molecule has 0 spiro atoms. The predicted molar refractivity (Wildman–Crippen MR) is 82.4 cm³/mol. The van der Waals surface area contributed by atoms with Crippen LogP contribution in [0.3, 0.4) is 0 Å². The summed E-state index contributed by atoms with van der Waals surface area (Å²) in [6.45, 7) is 2.59. The number of aliphatic carboxylic acids is 1. The first-order chi connectivity index (χ1) is 12.2. The van der Waals surface area contributed by atoms with Gasteiger partial charge < -0.3 is 15.0 Å². The Labute approximate surface area is 145 Å². The fourth-order valence-corrected chi connectivity index (χ4v) is 2.17. The van der Waals surface area contributed by atoms with Crippen LogP contribution in [-0.2, 0) is 4.79 Å². The summed E-state index contributed by atoms with van der Waals surface area (Å²) in [7, 11) is 0. The average Bonchev–Trinajstić information content (AvgIpc) is 3.40. The number of alkyl halides is 3. The lowest BCUT2D eigenvalue weighted by Gasteiger charge is -2.19. The summed E-state index contributed by atoms with van der Waals surface area (Å²) in [5.74, 6) is -1.94. The first kappa shape index (κ1) is 19.8. The lowest BCUT2D eigenvalue weighted by atomic mass is 10.3. The van der Waals surface area contributed by atoms with Crippen molar-refractivity contribution in [3.8, 4) is 0 Å². The molecule has 0 atom stereocenters. The highest BCUT2D eigenvalue weighted by molar-refractivity contribution is 5.92. The van der Waals surface area contributed by atoms with Crippen molar-refractivity contribution in [3.63, 3.8) is 0 Å². The van der Waals surface area contributed by atoms with Crippen LogP contribution in [0.25, 0.3) is 0 Å². The molecule has 144 valence electrons. The van der Waals surface area contributed by atoms with Gasteiger partial charge in [-0.25, -0.2) is 9.78 Å². The van der Waals surface area contributed by atoms with Crippen molar-refractivity contribution in [1.29, 1.82) is 0 Å². The van der Waals surface area contributed by atoms with Crippen molar-refractivity contribution in [1.82, 2.24) is 25.7 Å². The van der Waals surface area contributed by atoms with Gasteiger partial charge in [0.1, 0.15) is 11.5 Å². The summed E-state index contributed by atoms with van der Waals surface area (Å²) in [5, 5.41) is 7.12. The van der Waals surface area contributed by atoms with E-state index in [1.807, 2.05) is 0 Å². The smallest absolute Gasteiger partial charge is 0.475 e. The van der Waals surface area contributed by atoms with Crippen LogP contribution >= 0.6 is 0 Å². The number of carbonyl (C=O) groups is 2. The zero-order valence-corrected chi connectivity index (χ0v) is 13.6. The average molecular weight is 377 g/mol. The molecule has 9 nitrogen and oxygen atoms in total. The fraction of sp³-hybridized carbons (Fsp3) is 0.571. The lowest BCUT2D eigenvalue weighted by molar-refractivity contribution is -0.192. The minimum Gasteiger partial charge on any atom is -0.475 e. The van der Waals surface area contributed by atoms with E-state index >= 15 is 0 Å². The van der Waals surface area contributed by atoms with Gasteiger partial charge >= 0.3 is 12.1 Å². The molecule has 1 aromatic heterocycles. The molecule has 3 rings (SSSR count). The lowest BCUT2D eigenvalue weighted by Crippen LogP contribution is -2.36. The van der Waals surface area contributed by atoms with Crippen molar-refractivity contribution >= 4 is 11.9 Å². The minimum absolute atomic E-state index is 0.168. The Hall–Kier alpha value is -2.47. The molecular formula is C14H18F3N5O4. The van der Waals surface area contributed by atoms with E-state index in [-0.39, 0.29) is 17.2 Å². The Morgan fingerprint density at radius 3 is 2.19 bits per heavy atom. The SMILES string of the molecule is O=C(O)C(F)(F)F.O=C(c1cc(=O)[nH]c(C2CC2)n1)N1CCNNCC1. The maximum atomic E-state index is 12.4. The number of aromatic nitrogens is 2.